The molecule has 0 saturated carbocycles. The van der Waals surface area contributed by atoms with Crippen LogP contribution in [0.5, 0.6) is 0 Å². The zero-order chi connectivity index (χ0) is 25.9. The van der Waals surface area contributed by atoms with Crippen LogP contribution in [0.25, 0.3) is 23.3 Å². The molecule has 7 rings (SSSR count). The van der Waals surface area contributed by atoms with E-state index >= 15 is 0 Å². The smallest absolute Gasteiger partial charge is 0.205 e. The van der Waals surface area contributed by atoms with E-state index in [-0.39, 0.29) is 5.41 Å². The summed E-state index contributed by atoms with van der Waals surface area (Å²) in [4.78, 5) is 9.07. The van der Waals surface area contributed by atoms with Gasteiger partial charge in [0.1, 0.15) is 10.9 Å². The van der Waals surface area contributed by atoms with Crippen molar-refractivity contribution in [3.05, 3.63) is 137 Å². The summed E-state index contributed by atoms with van der Waals surface area (Å²) in [5, 5.41) is 0.764. The van der Waals surface area contributed by atoms with Crippen LogP contribution in [0.2, 0.25) is 0 Å². The predicted molar refractivity (Wildman–Crippen MR) is 157 cm³/mol. The number of aromatic nitrogens is 2. The van der Waals surface area contributed by atoms with Crippen molar-refractivity contribution in [2.75, 3.05) is 0 Å². The third kappa shape index (κ3) is 3.32. The second kappa shape index (κ2) is 8.48. The van der Waals surface area contributed by atoms with Crippen LogP contribution in [0.15, 0.2) is 103 Å². The Balaban J connectivity index is 1.41. The van der Waals surface area contributed by atoms with Crippen molar-refractivity contribution in [2.24, 2.45) is 0 Å². The summed E-state index contributed by atoms with van der Waals surface area (Å²) in [6.45, 7) is 4.64. The van der Waals surface area contributed by atoms with Gasteiger partial charge in [-0.1, -0.05) is 86.7 Å². The van der Waals surface area contributed by atoms with E-state index in [1.54, 1.807) is 12.4 Å². The summed E-state index contributed by atoms with van der Waals surface area (Å²) in [7, 11) is -3.25. The van der Waals surface area contributed by atoms with Crippen LogP contribution in [0.3, 0.4) is 0 Å². The van der Waals surface area contributed by atoms with Crippen molar-refractivity contribution in [1.29, 1.82) is 0 Å². The Bertz CT molecular complexity index is 1750. The van der Waals surface area contributed by atoms with Crippen LogP contribution in [0, 0.1) is 0 Å². The zero-order valence-electron chi connectivity index (χ0n) is 21.4. The number of rotatable bonds is 3. The van der Waals surface area contributed by atoms with Gasteiger partial charge in [0.05, 0.1) is 0 Å². The molecule has 2 heterocycles. The Labute approximate surface area is 223 Å². The summed E-state index contributed by atoms with van der Waals surface area (Å²) in [5.74, 6) is 0. The molecule has 0 fully saturated rings. The molecule has 0 saturated heterocycles. The first-order valence-electron chi connectivity index (χ1n) is 13.0. The molecule has 0 unspecified atom stereocenters. The first-order chi connectivity index (χ1) is 18.5. The highest BCUT2D eigenvalue weighted by atomic mass is 31.2. The third-order valence-electron chi connectivity index (χ3n) is 8.15. The number of benzene rings is 3. The normalized spacial score (nSPS) is 14.7. The van der Waals surface area contributed by atoms with E-state index in [9.17, 15) is 4.57 Å². The lowest BCUT2D eigenvalue weighted by Crippen LogP contribution is -2.28. The van der Waals surface area contributed by atoms with Crippen molar-refractivity contribution >= 4 is 35.5 Å². The van der Waals surface area contributed by atoms with E-state index < -0.39 is 7.14 Å². The molecule has 0 radical (unpaired) electrons. The lowest BCUT2D eigenvalue weighted by atomic mass is 9.74. The maximum atomic E-state index is 14.9. The largest absolute Gasteiger partial charge is 0.305 e. The van der Waals surface area contributed by atoms with Crippen molar-refractivity contribution in [3.8, 4) is 11.1 Å². The molecule has 0 N–H and O–H groups in total. The van der Waals surface area contributed by atoms with Crippen LogP contribution >= 0.6 is 7.14 Å². The molecule has 0 aliphatic heterocycles. The van der Waals surface area contributed by atoms with E-state index in [1.807, 2.05) is 42.5 Å². The quantitative estimate of drug-likeness (QED) is 0.255. The molecule has 0 spiro atoms. The van der Waals surface area contributed by atoms with E-state index in [0.29, 0.717) is 10.9 Å². The van der Waals surface area contributed by atoms with Gasteiger partial charge in [0.15, 0.2) is 0 Å². The molecule has 4 heteroatoms. The fourth-order valence-corrected chi connectivity index (χ4v) is 8.60. The van der Waals surface area contributed by atoms with Gasteiger partial charge >= 0.3 is 0 Å². The average Bonchev–Trinajstić information content (AvgIpc) is 3.29. The summed E-state index contributed by atoms with van der Waals surface area (Å²) in [6, 6.07) is 30.7. The summed E-state index contributed by atoms with van der Waals surface area (Å²) in [5.41, 5.74) is 11.3. The SMILES string of the molecule is CC1(C)c2ccccc2C=Cc2c1ccc1c2Cc2ccc(P(=O)(c3ccccn3)c3ccccn3)cc2-1. The molecule has 0 atom stereocenters. The molecule has 3 nitrogen and oxygen atoms in total. The number of fused-ring (bicyclic) bond motifs is 6. The number of pyridine rings is 2. The molecule has 3 aromatic carbocycles. The molecule has 0 amide bonds. The van der Waals surface area contributed by atoms with Crippen LogP contribution < -0.4 is 16.2 Å². The highest BCUT2D eigenvalue weighted by Gasteiger charge is 2.36. The van der Waals surface area contributed by atoms with Gasteiger partial charge in [-0.3, -0.25) is 9.97 Å². The van der Waals surface area contributed by atoms with Gasteiger partial charge in [-0.05, 0) is 81.3 Å². The van der Waals surface area contributed by atoms with Crippen LogP contribution in [0.4, 0.5) is 0 Å². The minimum atomic E-state index is -3.25. The first kappa shape index (κ1) is 23.1. The Kier molecular flexibility index (Phi) is 5.15. The van der Waals surface area contributed by atoms with Crippen molar-refractivity contribution in [2.45, 2.75) is 25.7 Å². The second-order valence-electron chi connectivity index (χ2n) is 10.6. The fraction of sp³-hybridized carbons (Fsp3) is 0.118. The summed E-state index contributed by atoms with van der Waals surface area (Å²) < 4.78 is 14.9. The number of hydrogen-bond donors (Lipinski definition) is 0. The molecule has 2 aliphatic rings. The minimum Gasteiger partial charge on any atom is -0.305 e. The molecule has 184 valence electrons. The number of nitrogens with zero attached hydrogens (tertiary/aromatic N) is 2. The van der Waals surface area contributed by atoms with Crippen molar-refractivity contribution in [3.63, 3.8) is 0 Å². The Morgan fingerprint density at radius 3 is 2.13 bits per heavy atom. The van der Waals surface area contributed by atoms with Crippen molar-refractivity contribution < 1.29 is 4.57 Å². The average molecular weight is 511 g/mol. The molecule has 38 heavy (non-hydrogen) atoms. The van der Waals surface area contributed by atoms with Crippen LogP contribution in [0.1, 0.15) is 47.2 Å². The van der Waals surface area contributed by atoms with E-state index in [2.05, 4.69) is 84.5 Å². The lowest BCUT2D eigenvalue weighted by Gasteiger charge is -2.29. The van der Waals surface area contributed by atoms with Crippen LogP contribution in [-0.4, -0.2) is 9.97 Å². The molecular weight excluding hydrogens is 483 g/mol. The van der Waals surface area contributed by atoms with Gasteiger partial charge in [-0.2, -0.15) is 0 Å². The van der Waals surface area contributed by atoms with Gasteiger partial charge in [0, 0.05) is 23.1 Å². The zero-order valence-corrected chi connectivity index (χ0v) is 22.3. The number of hydrogen-bond acceptors (Lipinski definition) is 3. The maximum absolute atomic E-state index is 14.9. The van der Waals surface area contributed by atoms with Crippen LogP contribution in [-0.2, 0) is 16.4 Å². The van der Waals surface area contributed by atoms with E-state index in [4.69, 9.17) is 0 Å². The predicted octanol–water partition coefficient (Wildman–Crippen LogP) is 6.50. The van der Waals surface area contributed by atoms with Crippen molar-refractivity contribution in [1.82, 2.24) is 9.97 Å². The Morgan fingerprint density at radius 1 is 0.711 bits per heavy atom. The molecule has 5 aromatic rings. The van der Waals surface area contributed by atoms with Gasteiger partial charge in [-0.25, -0.2) is 0 Å². The van der Waals surface area contributed by atoms with E-state index in [0.717, 1.165) is 17.3 Å². The van der Waals surface area contributed by atoms with Gasteiger partial charge < -0.3 is 4.57 Å². The summed E-state index contributed by atoms with van der Waals surface area (Å²) in [6.07, 6.45) is 8.82. The monoisotopic (exact) mass is 510 g/mol. The van der Waals surface area contributed by atoms with Gasteiger partial charge in [-0.15, -0.1) is 0 Å². The van der Waals surface area contributed by atoms with Gasteiger partial charge in [0.2, 0.25) is 7.14 Å². The minimum absolute atomic E-state index is 0.113. The standard InChI is InChI=1S/C34H27N2OP/c1-34(2)30-10-4-3-9-23(30)14-16-27-29-21-24-13-15-25(22-28(24)26(29)17-18-31(27)34)38(37,32-11-5-7-19-35-32)33-12-6-8-20-36-33/h3-20,22H,21H2,1-2H3. The Hall–Kier alpha value is -4.07. The second-order valence-corrected chi connectivity index (χ2v) is 13.3. The maximum Gasteiger partial charge on any atom is 0.205 e. The summed E-state index contributed by atoms with van der Waals surface area (Å²) >= 11 is 0. The molecule has 2 aromatic heterocycles. The molecule has 2 aliphatic carbocycles. The highest BCUT2D eigenvalue weighted by Crippen LogP contribution is 2.48. The topological polar surface area (TPSA) is 42.9 Å². The highest BCUT2D eigenvalue weighted by molar-refractivity contribution is 7.84. The molecule has 0 bridgehead atoms. The molecular formula is C34H27N2OP. The van der Waals surface area contributed by atoms with Gasteiger partial charge in [0.25, 0.3) is 0 Å². The first-order valence-corrected chi connectivity index (χ1v) is 14.7. The fourth-order valence-electron chi connectivity index (χ4n) is 6.19. The third-order valence-corrected chi connectivity index (χ3v) is 11.0. The lowest BCUT2D eigenvalue weighted by molar-refractivity contribution is 0.591. The van der Waals surface area contributed by atoms with E-state index in [1.165, 1.54) is 38.9 Å². The Morgan fingerprint density at radius 2 is 1.42 bits per heavy atom.